The van der Waals surface area contributed by atoms with Crippen LogP contribution in [0.25, 0.3) is 0 Å². The number of hydrogen-bond donors (Lipinski definition) is 1. The number of nitrogens with zero attached hydrogens (tertiary/aromatic N) is 1. The van der Waals surface area contributed by atoms with Crippen molar-refractivity contribution in [2.45, 2.75) is 64.5 Å². The van der Waals surface area contributed by atoms with Crippen LogP contribution in [0.15, 0.2) is 18.2 Å². The minimum atomic E-state index is 0.656. The van der Waals surface area contributed by atoms with Gasteiger partial charge in [-0.05, 0) is 55.7 Å². The molecule has 1 aromatic carbocycles. The van der Waals surface area contributed by atoms with Crippen LogP contribution in [0.5, 0.6) is 0 Å². The molecule has 0 saturated heterocycles. The molecular formula is C19H30N2. The van der Waals surface area contributed by atoms with Gasteiger partial charge in [0.25, 0.3) is 0 Å². The first kappa shape index (κ1) is 14.9. The molecule has 116 valence electrons. The van der Waals surface area contributed by atoms with Crippen molar-refractivity contribution in [3.63, 3.8) is 0 Å². The van der Waals surface area contributed by atoms with Crippen molar-refractivity contribution in [1.29, 1.82) is 0 Å². The van der Waals surface area contributed by atoms with E-state index in [1.54, 1.807) is 0 Å². The molecule has 0 unspecified atom stereocenters. The van der Waals surface area contributed by atoms with Crippen LogP contribution in [0.2, 0.25) is 0 Å². The van der Waals surface area contributed by atoms with Gasteiger partial charge in [-0.2, -0.15) is 0 Å². The second kappa shape index (κ2) is 6.83. The molecular weight excluding hydrogens is 256 g/mol. The Bertz CT molecular complexity index is 463. The normalized spacial score (nSPS) is 21.1. The second-order valence-corrected chi connectivity index (χ2v) is 7.06. The third kappa shape index (κ3) is 3.60. The van der Waals surface area contributed by atoms with E-state index < -0.39 is 0 Å². The summed E-state index contributed by atoms with van der Waals surface area (Å²) in [6.45, 7) is 4.60. The molecule has 2 aliphatic rings. The summed E-state index contributed by atoms with van der Waals surface area (Å²) < 4.78 is 0. The highest BCUT2D eigenvalue weighted by molar-refractivity contribution is 5.56. The number of anilines is 1. The van der Waals surface area contributed by atoms with Crippen LogP contribution in [0.4, 0.5) is 5.69 Å². The third-order valence-electron chi connectivity index (χ3n) is 5.48. The van der Waals surface area contributed by atoms with Gasteiger partial charge in [-0.15, -0.1) is 0 Å². The minimum absolute atomic E-state index is 0.656. The van der Waals surface area contributed by atoms with Gasteiger partial charge in [0, 0.05) is 31.9 Å². The molecule has 2 nitrogen and oxygen atoms in total. The molecule has 2 heteroatoms. The van der Waals surface area contributed by atoms with Gasteiger partial charge in [0.15, 0.2) is 0 Å². The van der Waals surface area contributed by atoms with E-state index in [0.29, 0.717) is 6.04 Å². The smallest absolute Gasteiger partial charge is 0.0396 e. The van der Waals surface area contributed by atoms with E-state index in [1.165, 1.54) is 68.3 Å². The van der Waals surface area contributed by atoms with Crippen LogP contribution in [-0.2, 0) is 13.0 Å². The molecule has 3 rings (SSSR count). The van der Waals surface area contributed by atoms with Gasteiger partial charge in [-0.1, -0.05) is 31.4 Å². The van der Waals surface area contributed by atoms with Crippen LogP contribution in [-0.4, -0.2) is 19.6 Å². The van der Waals surface area contributed by atoms with Crippen molar-refractivity contribution in [2.24, 2.45) is 5.92 Å². The molecule has 0 spiro atoms. The van der Waals surface area contributed by atoms with E-state index in [9.17, 15) is 0 Å². The molecule has 1 atom stereocenters. The Morgan fingerprint density at radius 1 is 1.19 bits per heavy atom. The zero-order valence-electron chi connectivity index (χ0n) is 13.7. The fraction of sp³-hybridized carbons (Fsp3) is 0.684. The quantitative estimate of drug-likeness (QED) is 0.895. The van der Waals surface area contributed by atoms with Crippen LogP contribution in [0.3, 0.4) is 0 Å². The average molecular weight is 286 g/mol. The Labute approximate surface area is 129 Å². The van der Waals surface area contributed by atoms with Crippen LogP contribution in [0.1, 0.15) is 56.6 Å². The van der Waals surface area contributed by atoms with E-state index in [1.807, 2.05) is 0 Å². The molecule has 1 N–H and O–H groups in total. The van der Waals surface area contributed by atoms with Gasteiger partial charge in [0.1, 0.15) is 0 Å². The molecule has 1 aromatic rings. The predicted molar refractivity (Wildman–Crippen MR) is 90.9 cm³/mol. The van der Waals surface area contributed by atoms with E-state index in [0.717, 1.165) is 12.5 Å². The first-order valence-corrected chi connectivity index (χ1v) is 8.80. The van der Waals surface area contributed by atoms with E-state index in [-0.39, 0.29) is 0 Å². The lowest BCUT2D eigenvalue weighted by atomic mass is 9.84. The summed E-state index contributed by atoms with van der Waals surface area (Å²) in [5.74, 6) is 0.891. The molecule has 1 aliphatic heterocycles. The first-order valence-electron chi connectivity index (χ1n) is 8.80. The first-order chi connectivity index (χ1) is 10.2. The van der Waals surface area contributed by atoms with Gasteiger partial charge in [0.05, 0.1) is 0 Å². The molecule has 0 amide bonds. The molecule has 0 bridgehead atoms. The van der Waals surface area contributed by atoms with Crippen LogP contribution < -0.4 is 10.2 Å². The maximum atomic E-state index is 3.77. The van der Waals surface area contributed by atoms with E-state index >= 15 is 0 Å². The highest BCUT2D eigenvalue weighted by Gasteiger charge is 2.19. The van der Waals surface area contributed by atoms with Gasteiger partial charge < -0.3 is 10.2 Å². The Hall–Kier alpha value is -1.02. The minimum Gasteiger partial charge on any atom is -0.374 e. The Morgan fingerprint density at radius 3 is 2.81 bits per heavy atom. The van der Waals surface area contributed by atoms with Crippen molar-refractivity contribution >= 4 is 5.69 Å². The highest BCUT2D eigenvalue weighted by atomic mass is 15.1. The molecule has 1 aliphatic carbocycles. The van der Waals surface area contributed by atoms with Crippen molar-refractivity contribution in [1.82, 2.24) is 5.32 Å². The van der Waals surface area contributed by atoms with Crippen molar-refractivity contribution in [3.05, 3.63) is 29.3 Å². The summed E-state index contributed by atoms with van der Waals surface area (Å²) in [6.07, 6.45) is 9.68. The Balaban J connectivity index is 1.57. The van der Waals surface area contributed by atoms with Crippen molar-refractivity contribution in [2.75, 3.05) is 18.5 Å². The maximum Gasteiger partial charge on any atom is 0.0396 e. The molecule has 0 radical (unpaired) electrons. The fourth-order valence-corrected chi connectivity index (χ4v) is 4.03. The summed E-state index contributed by atoms with van der Waals surface area (Å²) in [5.41, 5.74) is 4.42. The lowest BCUT2D eigenvalue weighted by Crippen LogP contribution is -2.34. The average Bonchev–Trinajstić information content (AvgIpc) is 2.53. The predicted octanol–water partition coefficient (Wildman–Crippen LogP) is 4.13. The van der Waals surface area contributed by atoms with Crippen molar-refractivity contribution in [3.8, 4) is 0 Å². The zero-order valence-corrected chi connectivity index (χ0v) is 13.7. The van der Waals surface area contributed by atoms with Gasteiger partial charge in [0.2, 0.25) is 0 Å². The second-order valence-electron chi connectivity index (χ2n) is 7.06. The monoisotopic (exact) mass is 286 g/mol. The number of nitrogens with one attached hydrogen (secondary N) is 1. The number of hydrogen-bond acceptors (Lipinski definition) is 2. The summed E-state index contributed by atoms with van der Waals surface area (Å²) in [4.78, 5) is 2.39. The highest BCUT2D eigenvalue weighted by Crippen LogP contribution is 2.28. The van der Waals surface area contributed by atoms with Gasteiger partial charge in [-0.3, -0.25) is 0 Å². The summed E-state index contributed by atoms with van der Waals surface area (Å²) in [7, 11) is 2.21. The van der Waals surface area contributed by atoms with Gasteiger partial charge >= 0.3 is 0 Å². The fourth-order valence-electron chi connectivity index (χ4n) is 4.03. The standard InChI is InChI=1S/C19H30N2/c1-15(17-7-4-3-5-8-17)20-14-16-10-11-19-18(13-16)9-6-12-21(19)2/h10-11,13,15,17,20H,3-9,12,14H2,1-2H3/t15-/m0/s1. The molecule has 1 fully saturated rings. The number of aryl methyl sites for hydroxylation is 1. The van der Waals surface area contributed by atoms with Crippen LogP contribution in [0, 0.1) is 5.92 Å². The lowest BCUT2D eigenvalue weighted by molar-refractivity contribution is 0.280. The molecule has 1 heterocycles. The lowest BCUT2D eigenvalue weighted by Gasteiger charge is -2.29. The topological polar surface area (TPSA) is 15.3 Å². The zero-order chi connectivity index (χ0) is 14.7. The van der Waals surface area contributed by atoms with Gasteiger partial charge in [-0.25, -0.2) is 0 Å². The number of fused-ring (bicyclic) bond motifs is 1. The molecule has 1 saturated carbocycles. The largest absolute Gasteiger partial charge is 0.374 e. The maximum absolute atomic E-state index is 3.77. The number of benzene rings is 1. The third-order valence-corrected chi connectivity index (χ3v) is 5.48. The summed E-state index contributed by atoms with van der Waals surface area (Å²) in [6, 6.07) is 7.70. The molecule has 0 aromatic heterocycles. The SMILES string of the molecule is C[C@H](NCc1ccc2c(c1)CCCN2C)C1CCCCC1. The van der Waals surface area contributed by atoms with E-state index in [4.69, 9.17) is 0 Å². The Kier molecular flexibility index (Phi) is 4.84. The number of rotatable bonds is 4. The summed E-state index contributed by atoms with van der Waals surface area (Å²) >= 11 is 0. The van der Waals surface area contributed by atoms with Crippen LogP contribution >= 0.6 is 0 Å². The Morgan fingerprint density at radius 2 is 2.00 bits per heavy atom. The molecule has 21 heavy (non-hydrogen) atoms. The van der Waals surface area contributed by atoms with Crippen molar-refractivity contribution < 1.29 is 0 Å². The summed E-state index contributed by atoms with van der Waals surface area (Å²) in [5, 5.41) is 3.77. The van der Waals surface area contributed by atoms with E-state index in [2.05, 4.69) is 42.4 Å².